The van der Waals surface area contributed by atoms with E-state index < -0.39 is 0 Å². The second kappa shape index (κ2) is 8.26. The van der Waals surface area contributed by atoms with Gasteiger partial charge >= 0.3 is 5.97 Å². The van der Waals surface area contributed by atoms with Crippen LogP contribution in [0.1, 0.15) is 48.0 Å². The third kappa shape index (κ3) is 4.89. The topological polar surface area (TPSA) is 61.6 Å². The Balaban J connectivity index is 1.64. The minimum atomic E-state index is -0.316. The summed E-state index contributed by atoms with van der Waals surface area (Å²) in [5, 5.41) is 0.677. The van der Waals surface area contributed by atoms with Gasteiger partial charge in [0.05, 0.1) is 11.3 Å². The summed E-state index contributed by atoms with van der Waals surface area (Å²) in [4.78, 5) is 12.4. The van der Waals surface area contributed by atoms with Gasteiger partial charge in [0.25, 0.3) is 0 Å². The van der Waals surface area contributed by atoms with Gasteiger partial charge in [-0.05, 0) is 61.6 Å². The van der Waals surface area contributed by atoms with Crippen LogP contribution in [0.15, 0.2) is 42.5 Å². The molecule has 0 atom stereocenters. The fourth-order valence-electron chi connectivity index (χ4n) is 2.93. The molecule has 4 nitrogen and oxygen atoms in total. The zero-order valence-electron chi connectivity index (χ0n) is 14.0. The standard InChI is InChI=1S/C20H22ClNO3/c21-16-9-6-14(7-10-16)13-24-19-12-15(8-11-18(19)22)20(23)25-17-4-2-1-3-5-17/h6-12,17H,1-5,13,22H2. The molecule has 132 valence electrons. The first-order valence-electron chi connectivity index (χ1n) is 8.59. The molecule has 1 saturated carbocycles. The Morgan fingerprint density at radius 2 is 1.80 bits per heavy atom. The highest BCUT2D eigenvalue weighted by Crippen LogP contribution is 2.26. The highest BCUT2D eigenvalue weighted by molar-refractivity contribution is 6.30. The molecule has 1 aliphatic rings. The summed E-state index contributed by atoms with van der Waals surface area (Å²) < 4.78 is 11.4. The SMILES string of the molecule is Nc1ccc(C(=O)OC2CCCCC2)cc1OCc1ccc(Cl)cc1. The van der Waals surface area contributed by atoms with E-state index in [0.29, 0.717) is 28.6 Å². The predicted octanol–water partition coefficient (Wildman–Crippen LogP) is 4.99. The van der Waals surface area contributed by atoms with Crippen LogP contribution in [-0.2, 0) is 11.3 Å². The van der Waals surface area contributed by atoms with Crippen molar-refractivity contribution >= 4 is 23.3 Å². The lowest BCUT2D eigenvalue weighted by Crippen LogP contribution is -2.21. The molecule has 0 unspecified atom stereocenters. The van der Waals surface area contributed by atoms with Crippen LogP contribution in [0.3, 0.4) is 0 Å². The van der Waals surface area contributed by atoms with Gasteiger partial charge in [-0.2, -0.15) is 0 Å². The monoisotopic (exact) mass is 359 g/mol. The molecule has 25 heavy (non-hydrogen) atoms. The van der Waals surface area contributed by atoms with Gasteiger partial charge < -0.3 is 15.2 Å². The summed E-state index contributed by atoms with van der Waals surface area (Å²) in [5.41, 5.74) is 7.89. The van der Waals surface area contributed by atoms with Crippen molar-refractivity contribution in [1.29, 1.82) is 0 Å². The molecule has 5 heteroatoms. The predicted molar refractivity (Wildman–Crippen MR) is 98.9 cm³/mol. The second-order valence-electron chi connectivity index (χ2n) is 6.33. The van der Waals surface area contributed by atoms with Crippen molar-refractivity contribution in [3.8, 4) is 5.75 Å². The highest BCUT2D eigenvalue weighted by Gasteiger charge is 2.19. The number of hydrogen-bond acceptors (Lipinski definition) is 4. The van der Waals surface area contributed by atoms with Gasteiger partial charge in [0.2, 0.25) is 0 Å². The number of anilines is 1. The summed E-state index contributed by atoms with van der Waals surface area (Å²) >= 11 is 5.88. The van der Waals surface area contributed by atoms with Crippen LogP contribution in [0.5, 0.6) is 5.75 Å². The van der Waals surface area contributed by atoms with Crippen LogP contribution in [0.25, 0.3) is 0 Å². The molecule has 0 amide bonds. The number of nitrogen functional groups attached to an aromatic ring is 1. The summed E-state index contributed by atoms with van der Waals surface area (Å²) in [5.74, 6) is 0.163. The quantitative estimate of drug-likeness (QED) is 0.603. The fraction of sp³-hybridized carbons (Fsp3) is 0.350. The molecule has 1 aliphatic carbocycles. The van der Waals surface area contributed by atoms with Crippen molar-refractivity contribution in [1.82, 2.24) is 0 Å². The number of rotatable bonds is 5. The van der Waals surface area contributed by atoms with E-state index in [0.717, 1.165) is 31.2 Å². The van der Waals surface area contributed by atoms with Gasteiger partial charge in [-0.15, -0.1) is 0 Å². The fourth-order valence-corrected chi connectivity index (χ4v) is 3.06. The summed E-state index contributed by atoms with van der Waals surface area (Å²) in [6.45, 7) is 0.350. The molecular weight excluding hydrogens is 338 g/mol. The Morgan fingerprint density at radius 1 is 1.08 bits per heavy atom. The highest BCUT2D eigenvalue weighted by atomic mass is 35.5. The number of ether oxygens (including phenoxy) is 2. The molecule has 0 saturated heterocycles. The molecule has 0 aromatic heterocycles. The molecule has 2 N–H and O–H groups in total. The van der Waals surface area contributed by atoms with Gasteiger partial charge in [0.15, 0.2) is 0 Å². The normalized spacial score (nSPS) is 14.9. The lowest BCUT2D eigenvalue weighted by Gasteiger charge is -2.22. The number of carbonyl (C=O) groups excluding carboxylic acids is 1. The van der Waals surface area contributed by atoms with Crippen LogP contribution in [0.4, 0.5) is 5.69 Å². The maximum Gasteiger partial charge on any atom is 0.338 e. The Kier molecular flexibility index (Phi) is 5.82. The lowest BCUT2D eigenvalue weighted by atomic mass is 9.98. The third-order valence-electron chi connectivity index (χ3n) is 4.38. The van der Waals surface area contributed by atoms with Crippen molar-refractivity contribution in [3.05, 3.63) is 58.6 Å². The molecule has 2 aromatic rings. The van der Waals surface area contributed by atoms with E-state index in [2.05, 4.69) is 0 Å². The molecule has 0 spiro atoms. The van der Waals surface area contributed by atoms with Crippen molar-refractivity contribution in [2.75, 3.05) is 5.73 Å². The van der Waals surface area contributed by atoms with E-state index in [4.69, 9.17) is 26.8 Å². The first-order chi connectivity index (χ1) is 12.1. The van der Waals surface area contributed by atoms with E-state index >= 15 is 0 Å². The number of carbonyl (C=O) groups is 1. The Morgan fingerprint density at radius 3 is 2.52 bits per heavy atom. The van der Waals surface area contributed by atoms with Crippen molar-refractivity contribution in [2.45, 2.75) is 44.8 Å². The van der Waals surface area contributed by atoms with Gasteiger partial charge in [0.1, 0.15) is 18.5 Å². The van der Waals surface area contributed by atoms with Crippen LogP contribution in [0.2, 0.25) is 5.02 Å². The first-order valence-corrected chi connectivity index (χ1v) is 8.97. The van der Waals surface area contributed by atoms with E-state index in [1.807, 2.05) is 24.3 Å². The summed E-state index contributed by atoms with van der Waals surface area (Å²) in [7, 11) is 0. The first kappa shape index (κ1) is 17.6. The van der Waals surface area contributed by atoms with Crippen molar-refractivity contribution in [3.63, 3.8) is 0 Å². The molecule has 0 heterocycles. The molecule has 3 rings (SSSR count). The van der Waals surface area contributed by atoms with Crippen LogP contribution >= 0.6 is 11.6 Å². The number of benzene rings is 2. The van der Waals surface area contributed by atoms with Gasteiger partial charge in [0, 0.05) is 5.02 Å². The van der Waals surface area contributed by atoms with Crippen molar-refractivity contribution in [2.24, 2.45) is 0 Å². The summed E-state index contributed by atoms with van der Waals surface area (Å²) in [6, 6.07) is 12.4. The van der Waals surface area contributed by atoms with Crippen molar-refractivity contribution < 1.29 is 14.3 Å². The molecule has 1 fully saturated rings. The Hall–Kier alpha value is -2.20. The minimum Gasteiger partial charge on any atom is -0.487 e. The molecule has 0 bridgehead atoms. The molecule has 0 radical (unpaired) electrons. The molecule has 2 aromatic carbocycles. The van der Waals surface area contributed by atoms with Gasteiger partial charge in [-0.1, -0.05) is 30.2 Å². The lowest BCUT2D eigenvalue weighted by molar-refractivity contribution is 0.0211. The van der Waals surface area contributed by atoms with Gasteiger partial charge in [-0.25, -0.2) is 4.79 Å². The average molecular weight is 360 g/mol. The average Bonchev–Trinajstić information content (AvgIpc) is 2.63. The van der Waals surface area contributed by atoms with E-state index in [-0.39, 0.29) is 12.1 Å². The van der Waals surface area contributed by atoms with E-state index in [1.165, 1.54) is 6.42 Å². The van der Waals surface area contributed by atoms with E-state index in [1.54, 1.807) is 18.2 Å². The number of nitrogens with two attached hydrogens (primary N) is 1. The maximum atomic E-state index is 12.4. The van der Waals surface area contributed by atoms with E-state index in [9.17, 15) is 4.79 Å². The van der Waals surface area contributed by atoms with Crippen LogP contribution in [0, 0.1) is 0 Å². The van der Waals surface area contributed by atoms with Crippen LogP contribution in [-0.4, -0.2) is 12.1 Å². The number of esters is 1. The Labute approximate surface area is 152 Å². The zero-order chi connectivity index (χ0) is 17.6. The van der Waals surface area contributed by atoms with Gasteiger partial charge in [-0.3, -0.25) is 0 Å². The maximum absolute atomic E-state index is 12.4. The molecular formula is C20H22ClNO3. The summed E-state index contributed by atoms with van der Waals surface area (Å²) in [6.07, 6.45) is 5.38. The van der Waals surface area contributed by atoms with Crippen LogP contribution < -0.4 is 10.5 Å². The number of hydrogen-bond donors (Lipinski definition) is 1. The second-order valence-corrected chi connectivity index (χ2v) is 6.77. The minimum absolute atomic E-state index is 0.0252. The largest absolute Gasteiger partial charge is 0.487 e. The third-order valence-corrected chi connectivity index (χ3v) is 4.63. The number of halogens is 1. The zero-order valence-corrected chi connectivity index (χ0v) is 14.8. The smallest absolute Gasteiger partial charge is 0.338 e. The molecule has 0 aliphatic heterocycles. The Bertz CT molecular complexity index is 724.